The fourth-order valence-corrected chi connectivity index (χ4v) is 2.92. The highest BCUT2D eigenvalue weighted by Gasteiger charge is 2.30. The molecule has 0 bridgehead atoms. The molecule has 0 saturated carbocycles. The molecule has 4 rings (SSSR count). The zero-order valence-corrected chi connectivity index (χ0v) is 12.9. The third-order valence-corrected chi connectivity index (χ3v) is 4.08. The van der Waals surface area contributed by atoms with Gasteiger partial charge in [0.15, 0.2) is 0 Å². The Labute approximate surface area is 138 Å². The van der Waals surface area contributed by atoms with E-state index in [1.54, 1.807) is 24.5 Å². The molecule has 0 aliphatic heterocycles. The molecule has 0 saturated heterocycles. The molecule has 0 fully saturated rings. The Morgan fingerprint density at radius 2 is 2.21 bits per heavy atom. The minimum Gasteiger partial charge on any atom is -0.439 e. The van der Waals surface area contributed by atoms with Gasteiger partial charge in [-0.15, -0.1) is 0 Å². The molecule has 0 radical (unpaired) electrons. The maximum absolute atomic E-state index is 12.5. The third-order valence-electron chi connectivity index (χ3n) is 4.08. The van der Waals surface area contributed by atoms with Gasteiger partial charge in [0, 0.05) is 24.0 Å². The maximum atomic E-state index is 12.5. The molecular weight excluding hydrogens is 304 g/mol. The van der Waals surface area contributed by atoms with E-state index >= 15 is 0 Å². The Kier molecular flexibility index (Phi) is 3.70. The molecule has 0 spiro atoms. The van der Waals surface area contributed by atoms with Crippen molar-refractivity contribution in [2.75, 3.05) is 5.32 Å². The third kappa shape index (κ3) is 2.86. The first-order valence-electron chi connectivity index (χ1n) is 7.81. The summed E-state index contributed by atoms with van der Waals surface area (Å²) in [6.07, 6.45) is 5.15. The molecule has 1 aliphatic rings. The van der Waals surface area contributed by atoms with Gasteiger partial charge in [-0.05, 0) is 36.6 Å². The maximum Gasteiger partial charge on any atom is 0.233 e. The fraction of sp³-hybridized carbons (Fsp3) is 0.167. The lowest BCUT2D eigenvalue weighted by atomic mass is 10.1. The molecule has 1 aromatic carbocycles. The lowest BCUT2D eigenvalue weighted by Crippen LogP contribution is -2.19. The number of anilines is 1. The summed E-state index contributed by atoms with van der Waals surface area (Å²) in [5, 5.41) is 9.90. The number of nitrogens with zero attached hydrogens (tertiary/aromatic N) is 2. The molecule has 2 N–H and O–H groups in total. The number of hydrogen-bond acceptors (Lipinski definition) is 4. The minimum absolute atomic E-state index is 0.0343. The summed E-state index contributed by atoms with van der Waals surface area (Å²) in [4.78, 5) is 16.7. The number of ether oxygens (including phenoxy) is 1. The SMILES string of the molecule is O=C(Nc1cccc(Oc2ccccn2)c1)C1CCc2cn[nH]c21. The number of aromatic nitrogens is 3. The second kappa shape index (κ2) is 6.16. The number of H-pyrrole nitrogens is 1. The van der Waals surface area contributed by atoms with Crippen molar-refractivity contribution in [3.05, 3.63) is 66.1 Å². The molecule has 1 amide bonds. The molecule has 1 atom stereocenters. The number of aryl methyl sites for hydroxylation is 1. The molecule has 3 aromatic rings. The van der Waals surface area contributed by atoms with E-state index < -0.39 is 0 Å². The van der Waals surface area contributed by atoms with Crippen LogP contribution >= 0.6 is 0 Å². The van der Waals surface area contributed by atoms with Crippen LogP contribution in [0.15, 0.2) is 54.9 Å². The molecule has 1 aliphatic carbocycles. The normalized spacial score (nSPS) is 15.8. The van der Waals surface area contributed by atoms with Crippen molar-refractivity contribution in [2.24, 2.45) is 0 Å². The minimum atomic E-state index is -0.178. The number of carbonyl (C=O) groups is 1. The van der Waals surface area contributed by atoms with Gasteiger partial charge in [-0.2, -0.15) is 5.10 Å². The van der Waals surface area contributed by atoms with Crippen LogP contribution < -0.4 is 10.1 Å². The first-order chi connectivity index (χ1) is 11.8. The summed E-state index contributed by atoms with van der Waals surface area (Å²) in [5.74, 6) is 0.926. The number of amides is 1. The Bertz CT molecular complexity index is 860. The highest BCUT2D eigenvalue weighted by molar-refractivity contribution is 5.96. The average Bonchev–Trinajstić information content (AvgIpc) is 3.19. The predicted molar refractivity (Wildman–Crippen MR) is 89.0 cm³/mol. The monoisotopic (exact) mass is 320 g/mol. The van der Waals surface area contributed by atoms with Crippen LogP contribution in [0.2, 0.25) is 0 Å². The number of nitrogens with one attached hydrogen (secondary N) is 2. The number of benzene rings is 1. The van der Waals surface area contributed by atoms with Gasteiger partial charge in [0.1, 0.15) is 5.75 Å². The van der Waals surface area contributed by atoms with E-state index in [1.807, 2.05) is 30.3 Å². The van der Waals surface area contributed by atoms with Crippen LogP contribution in [0.25, 0.3) is 0 Å². The van der Waals surface area contributed by atoms with Gasteiger partial charge in [-0.3, -0.25) is 9.89 Å². The van der Waals surface area contributed by atoms with E-state index in [4.69, 9.17) is 4.74 Å². The van der Waals surface area contributed by atoms with E-state index in [0.717, 1.165) is 24.1 Å². The number of fused-ring (bicyclic) bond motifs is 1. The molecule has 2 aromatic heterocycles. The number of pyridine rings is 1. The largest absolute Gasteiger partial charge is 0.439 e. The van der Waals surface area contributed by atoms with Gasteiger partial charge < -0.3 is 10.1 Å². The first kappa shape index (κ1) is 14.4. The average molecular weight is 320 g/mol. The van der Waals surface area contributed by atoms with E-state index in [1.165, 1.54) is 0 Å². The fourth-order valence-electron chi connectivity index (χ4n) is 2.92. The quantitative estimate of drug-likeness (QED) is 0.773. The Hall–Kier alpha value is -3.15. The summed E-state index contributed by atoms with van der Waals surface area (Å²) in [6, 6.07) is 12.8. The standard InChI is InChI=1S/C18H16N4O2/c23-18(15-8-7-12-11-20-22-17(12)15)21-13-4-3-5-14(10-13)24-16-6-1-2-9-19-16/h1-6,9-11,15H,7-8H2,(H,20,22)(H,21,23). The lowest BCUT2D eigenvalue weighted by molar-refractivity contribution is -0.117. The lowest BCUT2D eigenvalue weighted by Gasteiger charge is -2.12. The van der Waals surface area contributed by atoms with Crippen LogP contribution in [0, 0.1) is 0 Å². The van der Waals surface area contributed by atoms with Crippen LogP contribution in [0.3, 0.4) is 0 Å². The first-order valence-corrected chi connectivity index (χ1v) is 7.81. The van der Waals surface area contributed by atoms with Crippen LogP contribution in [0.4, 0.5) is 5.69 Å². The number of hydrogen-bond donors (Lipinski definition) is 2. The molecule has 6 heteroatoms. The summed E-state index contributed by atoms with van der Waals surface area (Å²) in [7, 11) is 0. The second-order valence-electron chi connectivity index (χ2n) is 5.69. The zero-order valence-electron chi connectivity index (χ0n) is 12.9. The van der Waals surface area contributed by atoms with Crippen LogP contribution in [0.1, 0.15) is 23.6 Å². The van der Waals surface area contributed by atoms with Gasteiger partial charge in [0.2, 0.25) is 11.8 Å². The van der Waals surface area contributed by atoms with Crippen molar-refractivity contribution < 1.29 is 9.53 Å². The smallest absolute Gasteiger partial charge is 0.233 e. The van der Waals surface area contributed by atoms with Crippen LogP contribution in [-0.4, -0.2) is 21.1 Å². The summed E-state index contributed by atoms with van der Waals surface area (Å²) < 4.78 is 5.69. The summed E-state index contributed by atoms with van der Waals surface area (Å²) in [5.41, 5.74) is 2.75. The van der Waals surface area contributed by atoms with Crippen molar-refractivity contribution in [1.82, 2.24) is 15.2 Å². The van der Waals surface area contributed by atoms with Gasteiger partial charge in [0.25, 0.3) is 0 Å². The molecule has 2 heterocycles. The molecule has 120 valence electrons. The van der Waals surface area contributed by atoms with Crippen molar-refractivity contribution >= 4 is 11.6 Å². The van der Waals surface area contributed by atoms with Crippen LogP contribution in [0.5, 0.6) is 11.6 Å². The zero-order chi connectivity index (χ0) is 16.4. The second-order valence-corrected chi connectivity index (χ2v) is 5.69. The van der Waals surface area contributed by atoms with Crippen molar-refractivity contribution in [2.45, 2.75) is 18.8 Å². The molecule has 24 heavy (non-hydrogen) atoms. The predicted octanol–water partition coefficient (Wildman–Crippen LogP) is 3.27. The van der Waals surface area contributed by atoms with Crippen molar-refractivity contribution in [3.8, 4) is 11.6 Å². The van der Waals surface area contributed by atoms with E-state index in [9.17, 15) is 4.79 Å². The topological polar surface area (TPSA) is 79.9 Å². The Balaban J connectivity index is 1.47. The highest BCUT2D eigenvalue weighted by atomic mass is 16.5. The van der Waals surface area contributed by atoms with Gasteiger partial charge >= 0.3 is 0 Å². The summed E-state index contributed by atoms with van der Waals surface area (Å²) in [6.45, 7) is 0. The van der Waals surface area contributed by atoms with Gasteiger partial charge in [-0.25, -0.2) is 4.98 Å². The van der Waals surface area contributed by atoms with E-state index in [-0.39, 0.29) is 11.8 Å². The number of aromatic amines is 1. The Morgan fingerprint density at radius 1 is 1.25 bits per heavy atom. The number of rotatable bonds is 4. The van der Waals surface area contributed by atoms with Crippen molar-refractivity contribution in [3.63, 3.8) is 0 Å². The molecule has 6 nitrogen and oxygen atoms in total. The molecular formula is C18H16N4O2. The van der Waals surface area contributed by atoms with Gasteiger partial charge in [0.05, 0.1) is 17.8 Å². The summed E-state index contributed by atoms with van der Waals surface area (Å²) >= 11 is 0. The van der Waals surface area contributed by atoms with Crippen LogP contribution in [-0.2, 0) is 11.2 Å². The highest BCUT2D eigenvalue weighted by Crippen LogP contribution is 2.32. The molecule has 1 unspecified atom stereocenters. The van der Waals surface area contributed by atoms with Gasteiger partial charge in [-0.1, -0.05) is 12.1 Å². The van der Waals surface area contributed by atoms with Crippen molar-refractivity contribution in [1.29, 1.82) is 0 Å². The van der Waals surface area contributed by atoms with E-state index in [0.29, 0.717) is 17.3 Å². The Morgan fingerprint density at radius 3 is 3.08 bits per heavy atom. The number of carbonyl (C=O) groups excluding carboxylic acids is 1. The van der Waals surface area contributed by atoms with E-state index in [2.05, 4.69) is 20.5 Å².